The molecule has 4 heteroatoms. The van der Waals surface area contributed by atoms with Gasteiger partial charge in [-0.3, -0.25) is 0 Å². The first-order valence-electron chi connectivity index (χ1n) is 7.36. The van der Waals surface area contributed by atoms with Crippen molar-refractivity contribution in [2.45, 2.75) is 38.3 Å². The molecule has 3 rings (SSSR count). The topological polar surface area (TPSA) is 21.3 Å². The summed E-state index contributed by atoms with van der Waals surface area (Å²) in [5.74, 6) is 0.942. The second-order valence-electron chi connectivity index (χ2n) is 5.50. The number of halogens is 1. The molecule has 2 atom stereocenters. The zero-order valence-electron chi connectivity index (χ0n) is 12.4. The molecular formula is C17H20ClNOS. The minimum Gasteiger partial charge on any atom is -0.496 e. The summed E-state index contributed by atoms with van der Waals surface area (Å²) in [6.45, 7) is 2.19. The van der Waals surface area contributed by atoms with Gasteiger partial charge in [0.2, 0.25) is 0 Å². The Kier molecular flexibility index (Phi) is 4.53. The summed E-state index contributed by atoms with van der Waals surface area (Å²) in [4.78, 5) is 1.44. The molecule has 2 nitrogen and oxygen atoms in total. The highest BCUT2D eigenvalue weighted by Gasteiger charge is 2.24. The van der Waals surface area contributed by atoms with Crippen molar-refractivity contribution >= 4 is 22.9 Å². The molecule has 0 bridgehead atoms. The number of ether oxygens (including phenoxy) is 1. The van der Waals surface area contributed by atoms with Crippen LogP contribution in [-0.4, -0.2) is 7.11 Å². The van der Waals surface area contributed by atoms with Gasteiger partial charge in [0, 0.05) is 22.5 Å². The van der Waals surface area contributed by atoms with Crippen LogP contribution in [0.3, 0.4) is 0 Å². The summed E-state index contributed by atoms with van der Waals surface area (Å²) in [5.41, 5.74) is 2.59. The van der Waals surface area contributed by atoms with Crippen LogP contribution >= 0.6 is 22.9 Å². The molecule has 112 valence electrons. The molecule has 1 aromatic heterocycles. The molecule has 0 aliphatic heterocycles. The van der Waals surface area contributed by atoms with E-state index in [-0.39, 0.29) is 6.04 Å². The molecule has 0 radical (unpaired) electrons. The molecule has 0 saturated heterocycles. The predicted molar refractivity (Wildman–Crippen MR) is 89.6 cm³/mol. The summed E-state index contributed by atoms with van der Waals surface area (Å²) < 4.78 is 6.37. The molecule has 1 aromatic carbocycles. The quantitative estimate of drug-likeness (QED) is 0.842. The first-order valence-corrected chi connectivity index (χ1v) is 8.55. The molecule has 0 amide bonds. The van der Waals surface area contributed by atoms with Gasteiger partial charge in [-0.15, -0.1) is 11.3 Å². The van der Waals surface area contributed by atoms with Crippen molar-refractivity contribution in [3.63, 3.8) is 0 Å². The van der Waals surface area contributed by atoms with Crippen LogP contribution in [0.2, 0.25) is 4.34 Å². The highest BCUT2D eigenvalue weighted by molar-refractivity contribution is 7.16. The lowest BCUT2D eigenvalue weighted by molar-refractivity contribution is 0.383. The van der Waals surface area contributed by atoms with Gasteiger partial charge in [0.25, 0.3) is 0 Å². The SMILES string of the molecule is COc1ccccc1[C@@H](C)NC1CCCc2sc(Cl)cc21. The number of aryl methyl sites for hydroxylation is 1. The lowest BCUT2D eigenvalue weighted by Gasteiger charge is -2.28. The normalized spacial score (nSPS) is 19.1. The Morgan fingerprint density at radius 2 is 2.19 bits per heavy atom. The second-order valence-corrected chi connectivity index (χ2v) is 7.27. The van der Waals surface area contributed by atoms with Crippen LogP contribution in [0, 0.1) is 0 Å². The number of nitrogens with one attached hydrogen (secondary N) is 1. The van der Waals surface area contributed by atoms with Gasteiger partial charge in [0.1, 0.15) is 5.75 Å². The van der Waals surface area contributed by atoms with Crippen LogP contribution in [0.5, 0.6) is 5.75 Å². The van der Waals surface area contributed by atoms with Gasteiger partial charge in [0.05, 0.1) is 11.4 Å². The Morgan fingerprint density at radius 3 is 3.00 bits per heavy atom. The molecule has 1 heterocycles. The van der Waals surface area contributed by atoms with Gasteiger partial charge in [0.15, 0.2) is 0 Å². The summed E-state index contributed by atoms with van der Waals surface area (Å²) in [6.07, 6.45) is 3.55. The summed E-state index contributed by atoms with van der Waals surface area (Å²) >= 11 is 7.91. The summed E-state index contributed by atoms with van der Waals surface area (Å²) in [5, 5.41) is 3.75. The molecule has 2 aromatic rings. The fraction of sp³-hybridized carbons (Fsp3) is 0.412. The number of fused-ring (bicyclic) bond motifs is 1. The van der Waals surface area contributed by atoms with Crippen LogP contribution < -0.4 is 10.1 Å². The molecule has 0 saturated carbocycles. The van der Waals surface area contributed by atoms with Crippen molar-refractivity contribution in [2.75, 3.05) is 7.11 Å². The van der Waals surface area contributed by atoms with E-state index in [9.17, 15) is 0 Å². The van der Waals surface area contributed by atoms with Gasteiger partial charge in [-0.1, -0.05) is 29.8 Å². The van der Waals surface area contributed by atoms with E-state index in [0.29, 0.717) is 6.04 Å². The van der Waals surface area contributed by atoms with E-state index >= 15 is 0 Å². The maximum absolute atomic E-state index is 6.19. The monoisotopic (exact) mass is 321 g/mol. The van der Waals surface area contributed by atoms with Crippen molar-refractivity contribution < 1.29 is 4.74 Å². The minimum atomic E-state index is 0.246. The number of thiophene rings is 1. The second kappa shape index (κ2) is 6.39. The zero-order valence-corrected chi connectivity index (χ0v) is 13.9. The number of hydrogen-bond donors (Lipinski definition) is 1. The van der Waals surface area contributed by atoms with Gasteiger partial charge in [-0.05, 0) is 43.9 Å². The van der Waals surface area contributed by atoms with E-state index in [2.05, 4.69) is 30.4 Å². The third-order valence-corrected chi connectivity index (χ3v) is 5.48. The number of benzene rings is 1. The van der Waals surface area contributed by atoms with Crippen molar-refractivity contribution in [2.24, 2.45) is 0 Å². The van der Waals surface area contributed by atoms with E-state index in [0.717, 1.165) is 16.5 Å². The Bertz CT molecular complexity index is 625. The molecule has 0 fully saturated rings. The van der Waals surface area contributed by atoms with Gasteiger partial charge < -0.3 is 10.1 Å². The molecule has 1 N–H and O–H groups in total. The Balaban J connectivity index is 1.81. The van der Waals surface area contributed by atoms with E-state index in [1.807, 2.05) is 12.1 Å². The maximum atomic E-state index is 6.19. The molecule has 1 aliphatic rings. The highest BCUT2D eigenvalue weighted by atomic mass is 35.5. The average Bonchev–Trinajstić information content (AvgIpc) is 2.88. The first kappa shape index (κ1) is 14.9. The molecule has 21 heavy (non-hydrogen) atoms. The standard InChI is InChI=1S/C17H20ClNOS/c1-11(12-6-3-4-8-15(12)20-2)19-14-7-5-9-16-13(14)10-17(18)21-16/h3-4,6,8,10-11,14,19H,5,7,9H2,1-2H3/t11-,14?/m1/s1. The van der Waals surface area contributed by atoms with E-state index in [1.165, 1.54) is 28.8 Å². The fourth-order valence-corrected chi connectivity index (χ4v) is 4.49. The summed E-state index contributed by atoms with van der Waals surface area (Å²) in [7, 11) is 1.73. The average molecular weight is 322 g/mol. The van der Waals surface area contributed by atoms with Crippen molar-refractivity contribution in [3.8, 4) is 5.75 Å². The number of hydrogen-bond acceptors (Lipinski definition) is 3. The van der Waals surface area contributed by atoms with Crippen LogP contribution in [0.4, 0.5) is 0 Å². The Morgan fingerprint density at radius 1 is 1.38 bits per heavy atom. The fourth-order valence-electron chi connectivity index (χ4n) is 3.11. The van der Waals surface area contributed by atoms with Crippen molar-refractivity contribution in [3.05, 3.63) is 50.7 Å². The van der Waals surface area contributed by atoms with Crippen LogP contribution in [0.25, 0.3) is 0 Å². The van der Waals surface area contributed by atoms with E-state index < -0.39 is 0 Å². The third-order valence-electron chi connectivity index (χ3n) is 4.14. The van der Waals surface area contributed by atoms with Gasteiger partial charge in [-0.2, -0.15) is 0 Å². The molecular weight excluding hydrogens is 302 g/mol. The van der Waals surface area contributed by atoms with E-state index in [1.54, 1.807) is 18.4 Å². The smallest absolute Gasteiger partial charge is 0.123 e. The number of methoxy groups -OCH3 is 1. The highest BCUT2D eigenvalue weighted by Crippen LogP contribution is 2.39. The molecule has 0 spiro atoms. The Hall–Kier alpha value is -1.03. The summed E-state index contributed by atoms with van der Waals surface area (Å²) in [6, 6.07) is 11.0. The van der Waals surface area contributed by atoms with Crippen molar-refractivity contribution in [1.29, 1.82) is 0 Å². The number of rotatable bonds is 4. The van der Waals surface area contributed by atoms with Crippen LogP contribution in [-0.2, 0) is 6.42 Å². The minimum absolute atomic E-state index is 0.246. The van der Waals surface area contributed by atoms with Crippen LogP contribution in [0.1, 0.15) is 47.9 Å². The van der Waals surface area contributed by atoms with Crippen molar-refractivity contribution in [1.82, 2.24) is 5.32 Å². The number of para-hydroxylation sites is 1. The first-order chi connectivity index (χ1) is 10.2. The molecule has 1 aliphatic carbocycles. The Labute approximate surface area is 135 Å². The zero-order chi connectivity index (χ0) is 14.8. The van der Waals surface area contributed by atoms with Gasteiger partial charge in [-0.25, -0.2) is 0 Å². The predicted octanol–water partition coefficient (Wildman–Crippen LogP) is 5.14. The van der Waals surface area contributed by atoms with Gasteiger partial charge >= 0.3 is 0 Å². The maximum Gasteiger partial charge on any atom is 0.123 e. The largest absolute Gasteiger partial charge is 0.496 e. The van der Waals surface area contributed by atoms with Crippen LogP contribution in [0.15, 0.2) is 30.3 Å². The lowest BCUT2D eigenvalue weighted by Crippen LogP contribution is -2.27. The van der Waals surface area contributed by atoms with E-state index in [4.69, 9.17) is 16.3 Å². The lowest BCUT2D eigenvalue weighted by atomic mass is 9.92. The third kappa shape index (κ3) is 3.10. The molecule has 1 unspecified atom stereocenters.